The number of hydrogen-bond donors (Lipinski definition) is 3. The van der Waals surface area contributed by atoms with E-state index in [0.29, 0.717) is 0 Å². The van der Waals surface area contributed by atoms with Crippen LogP contribution >= 0.6 is 17.9 Å². The summed E-state index contributed by atoms with van der Waals surface area (Å²) in [6.45, 7) is 4.14. The highest BCUT2D eigenvalue weighted by atomic mass is 32.9. The first-order valence-electron chi connectivity index (χ1n) is 4.27. The summed E-state index contributed by atoms with van der Waals surface area (Å²) in [5.41, 5.74) is -2.84. The van der Waals surface area contributed by atoms with Gasteiger partial charge in [-0.2, -0.15) is 0 Å². The number of thiol groups is 1. The van der Waals surface area contributed by atoms with Crippen LogP contribution in [0.5, 0.6) is 0 Å². The van der Waals surface area contributed by atoms with Gasteiger partial charge in [0.2, 0.25) is 0 Å². The standard InChI is InChI=1S/C7H19O2PS2/c1-3-5-6-7-12(4-2)10(8,9)11/h8-9,11H,3-7H2,1-2H3. The van der Waals surface area contributed by atoms with E-state index in [0.717, 1.165) is 17.9 Å². The molecule has 0 aromatic heterocycles. The van der Waals surface area contributed by atoms with Crippen molar-refractivity contribution in [2.45, 2.75) is 33.1 Å². The molecular formula is C7H19O2PS2. The SMILES string of the molecule is CCCCCS(CC)=P(O)(O)S. The zero-order chi connectivity index (χ0) is 9.61. The maximum Gasteiger partial charge on any atom is 0.198 e. The van der Waals surface area contributed by atoms with Crippen LogP contribution < -0.4 is 0 Å². The fourth-order valence-electron chi connectivity index (χ4n) is 0.959. The van der Waals surface area contributed by atoms with Gasteiger partial charge in [0.15, 0.2) is 5.69 Å². The van der Waals surface area contributed by atoms with Crippen LogP contribution in [0, 0.1) is 0 Å². The molecule has 5 heteroatoms. The Morgan fingerprint density at radius 1 is 1.25 bits per heavy atom. The predicted molar refractivity (Wildman–Crippen MR) is 62.6 cm³/mol. The van der Waals surface area contributed by atoms with Crippen molar-refractivity contribution in [1.29, 1.82) is 0 Å². The molecule has 0 amide bonds. The lowest BCUT2D eigenvalue weighted by molar-refractivity contribution is 0.502. The Labute approximate surface area is 82.7 Å². The molecule has 0 bridgehead atoms. The van der Waals surface area contributed by atoms with Gasteiger partial charge in [0, 0.05) is 0 Å². The second-order valence-electron chi connectivity index (χ2n) is 2.68. The van der Waals surface area contributed by atoms with Crippen molar-refractivity contribution in [3.05, 3.63) is 0 Å². The van der Waals surface area contributed by atoms with E-state index in [2.05, 4.69) is 19.2 Å². The molecule has 0 aromatic carbocycles. The van der Waals surface area contributed by atoms with Gasteiger partial charge < -0.3 is 9.79 Å². The monoisotopic (exact) mass is 230 g/mol. The maximum absolute atomic E-state index is 9.32. The molecule has 0 radical (unpaired) electrons. The van der Waals surface area contributed by atoms with Gasteiger partial charge in [0.05, 0.1) is 0 Å². The molecule has 2 N–H and O–H groups in total. The lowest BCUT2D eigenvalue weighted by Crippen LogP contribution is -2.00. The first-order valence-corrected chi connectivity index (χ1v) is 9.29. The second-order valence-corrected chi connectivity index (χ2v) is 11.2. The summed E-state index contributed by atoms with van der Waals surface area (Å²) in [4.78, 5) is 18.6. The second kappa shape index (κ2) is 6.50. The van der Waals surface area contributed by atoms with E-state index in [1.54, 1.807) is 0 Å². The van der Waals surface area contributed by atoms with Crippen molar-refractivity contribution in [1.82, 2.24) is 0 Å². The van der Waals surface area contributed by atoms with Crippen LogP contribution in [0.4, 0.5) is 0 Å². The molecule has 0 aliphatic carbocycles. The van der Waals surface area contributed by atoms with Gasteiger partial charge in [-0.1, -0.05) is 38.9 Å². The number of hydrogen-bond acceptors (Lipinski definition) is 0. The highest BCUT2D eigenvalue weighted by Gasteiger charge is 2.08. The molecule has 0 fully saturated rings. The van der Waals surface area contributed by atoms with Gasteiger partial charge in [-0.15, -0.1) is 10.1 Å². The molecule has 0 rings (SSSR count). The van der Waals surface area contributed by atoms with E-state index in [4.69, 9.17) is 0 Å². The van der Waals surface area contributed by atoms with Crippen LogP contribution in [0.15, 0.2) is 0 Å². The predicted octanol–water partition coefficient (Wildman–Crippen LogP) is 2.41. The molecule has 2 nitrogen and oxygen atoms in total. The fourth-order valence-corrected chi connectivity index (χ4v) is 6.31. The summed E-state index contributed by atoms with van der Waals surface area (Å²) in [5.74, 6) is 1.77. The zero-order valence-electron chi connectivity index (χ0n) is 7.73. The third-order valence-corrected chi connectivity index (χ3v) is 9.26. The highest BCUT2D eigenvalue weighted by Crippen LogP contribution is 2.47. The molecular weight excluding hydrogens is 211 g/mol. The van der Waals surface area contributed by atoms with Gasteiger partial charge in [-0.25, -0.2) is 0 Å². The van der Waals surface area contributed by atoms with Crippen LogP contribution in [-0.4, -0.2) is 21.3 Å². The molecule has 0 saturated heterocycles. The van der Waals surface area contributed by atoms with Crippen LogP contribution in [0.1, 0.15) is 33.1 Å². The van der Waals surface area contributed by atoms with Crippen molar-refractivity contribution in [3.8, 4) is 0 Å². The van der Waals surface area contributed by atoms with Crippen LogP contribution in [0.2, 0.25) is 0 Å². The number of unbranched alkanes of at least 4 members (excludes halogenated alkanes) is 2. The van der Waals surface area contributed by atoms with Gasteiger partial charge in [-0.05, 0) is 17.9 Å². The zero-order valence-corrected chi connectivity index (χ0v) is 10.3. The number of rotatable bonds is 5. The average molecular weight is 230 g/mol. The summed E-state index contributed by atoms with van der Waals surface area (Å²) in [6, 6.07) is 0. The molecule has 0 heterocycles. The van der Waals surface area contributed by atoms with Gasteiger partial charge >= 0.3 is 0 Å². The van der Waals surface area contributed by atoms with Crippen LogP contribution in [0.25, 0.3) is 0 Å². The fraction of sp³-hybridized carbons (Fsp3) is 1.00. The van der Waals surface area contributed by atoms with Gasteiger partial charge in [-0.3, -0.25) is 0 Å². The molecule has 76 valence electrons. The molecule has 0 aliphatic rings. The van der Waals surface area contributed by atoms with Crippen LogP contribution in [0.3, 0.4) is 0 Å². The van der Waals surface area contributed by atoms with E-state index >= 15 is 0 Å². The first kappa shape index (κ1) is 13.1. The molecule has 1 atom stereocenters. The molecule has 0 saturated carbocycles. The lowest BCUT2D eigenvalue weighted by Gasteiger charge is -2.13. The van der Waals surface area contributed by atoms with E-state index in [-0.39, 0.29) is 10.1 Å². The topological polar surface area (TPSA) is 40.5 Å². The van der Waals surface area contributed by atoms with Crippen molar-refractivity contribution in [3.63, 3.8) is 0 Å². The van der Waals surface area contributed by atoms with Crippen LogP contribution in [-0.2, 0) is 10.1 Å². The minimum absolute atomic E-state index is 0.264. The summed E-state index contributed by atoms with van der Waals surface area (Å²) < 4.78 is 0. The Kier molecular flexibility index (Phi) is 7.06. The van der Waals surface area contributed by atoms with Crippen molar-refractivity contribution in [2.24, 2.45) is 0 Å². The Balaban J connectivity index is 4.02. The lowest BCUT2D eigenvalue weighted by atomic mass is 10.3. The van der Waals surface area contributed by atoms with Crippen molar-refractivity contribution < 1.29 is 9.79 Å². The maximum atomic E-state index is 9.32. The van der Waals surface area contributed by atoms with Crippen molar-refractivity contribution >= 4 is 28.0 Å². The van der Waals surface area contributed by atoms with Gasteiger partial charge in [0.25, 0.3) is 0 Å². The molecule has 12 heavy (non-hydrogen) atoms. The molecule has 0 spiro atoms. The Morgan fingerprint density at radius 2 is 1.83 bits per heavy atom. The Morgan fingerprint density at radius 3 is 2.17 bits per heavy atom. The first-order chi connectivity index (χ1) is 5.52. The largest absolute Gasteiger partial charge is 0.341 e. The smallest absolute Gasteiger partial charge is 0.198 e. The summed E-state index contributed by atoms with van der Waals surface area (Å²) in [7, 11) is -0.264. The minimum atomic E-state index is -2.84. The average Bonchev–Trinajstić information content (AvgIpc) is 1.95. The Hall–Kier alpha value is 1.05. The van der Waals surface area contributed by atoms with E-state index in [1.807, 2.05) is 6.92 Å². The minimum Gasteiger partial charge on any atom is -0.341 e. The third kappa shape index (κ3) is 5.65. The van der Waals surface area contributed by atoms with Crippen molar-refractivity contribution in [2.75, 3.05) is 11.5 Å². The normalized spacial score (nSPS) is 14.8. The van der Waals surface area contributed by atoms with E-state index < -0.39 is 5.69 Å². The third-order valence-electron chi connectivity index (χ3n) is 1.66. The van der Waals surface area contributed by atoms with E-state index in [9.17, 15) is 9.79 Å². The highest BCUT2D eigenvalue weighted by molar-refractivity contribution is 8.65. The summed E-state index contributed by atoms with van der Waals surface area (Å²) in [5, 5.41) is 0. The molecule has 0 aliphatic heterocycles. The van der Waals surface area contributed by atoms with E-state index in [1.165, 1.54) is 12.8 Å². The summed E-state index contributed by atoms with van der Waals surface area (Å²) in [6.07, 6.45) is 3.45. The Bertz CT molecular complexity index is 168. The molecule has 0 aromatic rings. The molecule has 1 unspecified atom stereocenters. The summed E-state index contributed by atoms with van der Waals surface area (Å²) >= 11 is 3.87. The quantitative estimate of drug-likeness (QED) is 0.385. The van der Waals surface area contributed by atoms with Gasteiger partial charge in [0.1, 0.15) is 0 Å².